The molecular weight excluding hydrogens is 469 g/mol. The Balaban J connectivity index is 0.00000280. The Hall–Kier alpha value is -2.69. The monoisotopic (exact) mass is 493 g/mol. The fourth-order valence-corrected chi connectivity index (χ4v) is 2.60. The molecule has 3 rings (SSSR count). The van der Waals surface area contributed by atoms with E-state index in [1.165, 1.54) is 6.33 Å². The third-order valence-electron chi connectivity index (χ3n) is 4.18. The number of aryl methyl sites for hydroxylation is 1. The molecule has 8 nitrogen and oxygen atoms in total. The fraction of sp³-hybridized carbons (Fsp3) is 0.263. The minimum absolute atomic E-state index is 0. The standard InChI is InChI=1S/C19H23N7O.HI/c1-20-19(22-12-17-23-14-24-25(17)2)21-11-15-6-8-16(9-7-15)13-26-10-4-3-5-18(26)27;/h3-10,14H,11-13H2,1-2H3,(H2,20,21,22);1H. The second-order valence-corrected chi connectivity index (χ2v) is 6.06. The van der Waals surface area contributed by atoms with E-state index in [0.717, 1.165) is 17.0 Å². The van der Waals surface area contributed by atoms with Crippen LogP contribution in [0.25, 0.3) is 0 Å². The molecular formula is C19H24IN7O. The van der Waals surface area contributed by atoms with Gasteiger partial charge in [0.1, 0.15) is 12.2 Å². The smallest absolute Gasteiger partial charge is 0.250 e. The minimum Gasteiger partial charge on any atom is -0.352 e. The number of nitrogens with one attached hydrogen (secondary N) is 2. The largest absolute Gasteiger partial charge is 0.352 e. The molecule has 28 heavy (non-hydrogen) atoms. The molecule has 0 saturated carbocycles. The zero-order valence-corrected chi connectivity index (χ0v) is 18.2. The van der Waals surface area contributed by atoms with Crippen molar-refractivity contribution in [2.24, 2.45) is 12.0 Å². The van der Waals surface area contributed by atoms with Gasteiger partial charge in [-0.05, 0) is 17.2 Å². The fourth-order valence-electron chi connectivity index (χ4n) is 2.60. The molecule has 2 N–H and O–H groups in total. The van der Waals surface area contributed by atoms with Crippen molar-refractivity contribution in [3.8, 4) is 0 Å². The number of halogens is 1. The van der Waals surface area contributed by atoms with E-state index >= 15 is 0 Å². The third-order valence-corrected chi connectivity index (χ3v) is 4.18. The first-order valence-corrected chi connectivity index (χ1v) is 8.66. The topological polar surface area (TPSA) is 89.1 Å². The predicted molar refractivity (Wildman–Crippen MR) is 120 cm³/mol. The highest BCUT2D eigenvalue weighted by atomic mass is 127. The van der Waals surface area contributed by atoms with E-state index < -0.39 is 0 Å². The van der Waals surface area contributed by atoms with Crippen molar-refractivity contribution in [1.82, 2.24) is 30.0 Å². The first-order valence-electron chi connectivity index (χ1n) is 8.66. The van der Waals surface area contributed by atoms with Crippen molar-refractivity contribution >= 4 is 29.9 Å². The highest BCUT2D eigenvalue weighted by molar-refractivity contribution is 14.0. The van der Waals surface area contributed by atoms with Gasteiger partial charge in [0, 0.05) is 32.9 Å². The van der Waals surface area contributed by atoms with Gasteiger partial charge in [-0.2, -0.15) is 5.10 Å². The summed E-state index contributed by atoms with van der Waals surface area (Å²) in [4.78, 5) is 20.2. The Labute approximate surface area is 180 Å². The van der Waals surface area contributed by atoms with E-state index in [9.17, 15) is 4.79 Å². The molecule has 9 heteroatoms. The number of aliphatic imine (C=N–C) groups is 1. The Morgan fingerprint density at radius 1 is 1.07 bits per heavy atom. The summed E-state index contributed by atoms with van der Waals surface area (Å²) < 4.78 is 3.41. The number of nitrogens with zero attached hydrogens (tertiary/aromatic N) is 5. The minimum atomic E-state index is 0. The van der Waals surface area contributed by atoms with Gasteiger partial charge in [0.2, 0.25) is 0 Å². The first kappa shape index (κ1) is 21.6. The van der Waals surface area contributed by atoms with Crippen LogP contribution in [-0.4, -0.2) is 32.3 Å². The average molecular weight is 493 g/mol. The average Bonchev–Trinajstić information content (AvgIpc) is 3.10. The second kappa shape index (κ2) is 10.6. The molecule has 0 bridgehead atoms. The summed E-state index contributed by atoms with van der Waals surface area (Å²) in [5.41, 5.74) is 2.21. The molecule has 0 radical (unpaired) electrons. The summed E-state index contributed by atoms with van der Waals surface area (Å²) in [6, 6.07) is 13.3. The van der Waals surface area contributed by atoms with Gasteiger partial charge in [0.25, 0.3) is 5.56 Å². The lowest BCUT2D eigenvalue weighted by atomic mass is 10.1. The molecule has 0 aliphatic rings. The Kier molecular flexibility index (Phi) is 8.18. The number of aromatic nitrogens is 4. The van der Waals surface area contributed by atoms with Gasteiger partial charge in [-0.1, -0.05) is 30.3 Å². The summed E-state index contributed by atoms with van der Waals surface area (Å²) in [6.07, 6.45) is 3.32. The summed E-state index contributed by atoms with van der Waals surface area (Å²) in [5.74, 6) is 1.52. The number of pyridine rings is 1. The van der Waals surface area contributed by atoms with Crippen LogP contribution < -0.4 is 16.2 Å². The van der Waals surface area contributed by atoms with Gasteiger partial charge in [0.05, 0.1) is 13.1 Å². The van der Waals surface area contributed by atoms with Crippen LogP contribution >= 0.6 is 24.0 Å². The van der Waals surface area contributed by atoms with Crippen molar-refractivity contribution in [3.05, 3.63) is 82.3 Å². The van der Waals surface area contributed by atoms with E-state index in [-0.39, 0.29) is 29.5 Å². The number of guanidine groups is 1. The number of rotatable bonds is 6. The van der Waals surface area contributed by atoms with Crippen molar-refractivity contribution in [3.63, 3.8) is 0 Å². The molecule has 3 aromatic rings. The Morgan fingerprint density at radius 2 is 1.79 bits per heavy atom. The van der Waals surface area contributed by atoms with Crippen molar-refractivity contribution in [2.75, 3.05) is 7.05 Å². The van der Waals surface area contributed by atoms with E-state index in [1.54, 1.807) is 34.6 Å². The molecule has 148 valence electrons. The lowest BCUT2D eigenvalue weighted by Gasteiger charge is -2.12. The maximum absolute atomic E-state index is 11.8. The van der Waals surface area contributed by atoms with Gasteiger partial charge in [-0.3, -0.25) is 14.5 Å². The Morgan fingerprint density at radius 3 is 2.43 bits per heavy atom. The van der Waals surface area contributed by atoms with Gasteiger partial charge in [-0.15, -0.1) is 24.0 Å². The van der Waals surface area contributed by atoms with Gasteiger partial charge >= 0.3 is 0 Å². The molecule has 0 aliphatic heterocycles. The molecule has 0 atom stereocenters. The van der Waals surface area contributed by atoms with Crippen LogP contribution in [0.4, 0.5) is 0 Å². The molecule has 0 spiro atoms. The van der Waals surface area contributed by atoms with Crippen LogP contribution in [0, 0.1) is 0 Å². The van der Waals surface area contributed by atoms with Crippen LogP contribution in [0.15, 0.2) is 64.8 Å². The summed E-state index contributed by atoms with van der Waals surface area (Å²) in [5, 5.41) is 10.5. The highest BCUT2D eigenvalue weighted by Crippen LogP contribution is 2.05. The molecule has 0 fully saturated rings. The molecule has 0 amide bonds. The normalized spacial score (nSPS) is 11.0. The highest BCUT2D eigenvalue weighted by Gasteiger charge is 2.03. The predicted octanol–water partition coefficient (Wildman–Crippen LogP) is 1.51. The van der Waals surface area contributed by atoms with Crippen molar-refractivity contribution in [2.45, 2.75) is 19.6 Å². The summed E-state index contributed by atoms with van der Waals surface area (Å²) in [6.45, 7) is 1.75. The van der Waals surface area contributed by atoms with Gasteiger partial charge in [0.15, 0.2) is 5.96 Å². The third kappa shape index (κ3) is 5.91. The second-order valence-electron chi connectivity index (χ2n) is 6.06. The van der Waals surface area contributed by atoms with Crippen molar-refractivity contribution in [1.29, 1.82) is 0 Å². The molecule has 2 aromatic heterocycles. The molecule has 0 aliphatic carbocycles. The Bertz CT molecular complexity index is 963. The van der Waals surface area contributed by atoms with E-state index in [2.05, 4.69) is 25.7 Å². The van der Waals surface area contributed by atoms with Gasteiger partial charge < -0.3 is 15.2 Å². The number of benzene rings is 1. The zero-order chi connectivity index (χ0) is 19.1. The van der Waals surface area contributed by atoms with Crippen molar-refractivity contribution < 1.29 is 0 Å². The molecule has 0 saturated heterocycles. The number of hydrogen-bond donors (Lipinski definition) is 2. The maximum Gasteiger partial charge on any atom is 0.250 e. The summed E-state index contributed by atoms with van der Waals surface area (Å²) in [7, 11) is 3.58. The molecule has 0 unspecified atom stereocenters. The zero-order valence-electron chi connectivity index (χ0n) is 15.9. The van der Waals surface area contributed by atoms with Crippen LogP contribution in [0.3, 0.4) is 0 Å². The SMILES string of the molecule is CN=C(NCc1ccc(Cn2ccccc2=O)cc1)NCc1ncnn1C.I. The van der Waals surface area contributed by atoms with E-state index in [1.807, 2.05) is 37.4 Å². The van der Waals surface area contributed by atoms with Crippen LogP contribution in [0.2, 0.25) is 0 Å². The first-order chi connectivity index (χ1) is 13.2. The number of hydrogen-bond acceptors (Lipinski definition) is 4. The summed E-state index contributed by atoms with van der Waals surface area (Å²) >= 11 is 0. The lowest BCUT2D eigenvalue weighted by molar-refractivity contribution is 0.672. The molecule has 2 heterocycles. The van der Waals surface area contributed by atoms with Crippen LogP contribution in [-0.2, 0) is 26.7 Å². The lowest BCUT2D eigenvalue weighted by Crippen LogP contribution is -2.36. The van der Waals surface area contributed by atoms with E-state index in [4.69, 9.17) is 0 Å². The van der Waals surface area contributed by atoms with Crippen LogP contribution in [0.1, 0.15) is 17.0 Å². The quantitative estimate of drug-likeness (QED) is 0.309. The van der Waals surface area contributed by atoms with E-state index in [0.29, 0.717) is 25.6 Å². The maximum atomic E-state index is 11.8. The molecule has 1 aromatic carbocycles. The van der Waals surface area contributed by atoms with Crippen LogP contribution in [0.5, 0.6) is 0 Å². The van der Waals surface area contributed by atoms with Gasteiger partial charge in [-0.25, -0.2) is 4.98 Å².